The van der Waals surface area contributed by atoms with Crippen LogP contribution in [-0.4, -0.2) is 12.5 Å². The van der Waals surface area contributed by atoms with Crippen LogP contribution in [0.4, 0.5) is 4.39 Å². The molecule has 0 atom stereocenters. The summed E-state index contributed by atoms with van der Waals surface area (Å²) >= 11 is 3.28. The van der Waals surface area contributed by atoms with E-state index in [-0.39, 0.29) is 18.3 Å². The average Bonchev–Trinajstić information content (AvgIpc) is 2.48. The Kier molecular flexibility index (Phi) is 5.33. The molecule has 1 N–H and O–H groups in total. The highest BCUT2D eigenvalue weighted by atomic mass is 79.9. The van der Waals surface area contributed by atoms with Crippen LogP contribution in [-0.2, 0) is 6.54 Å². The van der Waals surface area contributed by atoms with Crippen LogP contribution < -0.4 is 10.1 Å². The molecule has 5 heteroatoms. The summed E-state index contributed by atoms with van der Waals surface area (Å²) in [6, 6.07) is 11.5. The van der Waals surface area contributed by atoms with Crippen LogP contribution in [0.1, 0.15) is 22.8 Å². The Balaban J connectivity index is 2.04. The highest BCUT2D eigenvalue weighted by Crippen LogP contribution is 2.16. The summed E-state index contributed by atoms with van der Waals surface area (Å²) in [4.78, 5) is 12.1. The van der Waals surface area contributed by atoms with Crippen molar-refractivity contribution in [3.05, 3.63) is 63.9 Å². The maximum atomic E-state index is 13.6. The Labute approximate surface area is 131 Å². The fraction of sp³-hybridized carbons (Fsp3) is 0.188. The van der Waals surface area contributed by atoms with Crippen LogP contribution >= 0.6 is 15.9 Å². The molecule has 0 saturated heterocycles. The number of rotatable bonds is 5. The number of hydrogen-bond donors (Lipinski definition) is 1. The molecule has 0 aliphatic rings. The van der Waals surface area contributed by atoms with Gasteiger partial charge < -0.3 is 10.1 Å². The molecule has 2 aromatic rings. The van der Waals surface area contributed by atoms with Crippen molar-refractivity contribution < 1.29 is 13.9 Å². The van der Waals surface area contributed by atoms with E-state index < -0.39 is 0 Å². The first-order chi connectivity index (χ1) is 10.1. The first kappa shape index (κ1) is 15.5. The van der Waals surface area contributed by atoms with Crippen molar-refractivity contribution in [2.24, 2.45) is 0 Å². The van der Waals surface area contributed by atoms with Gasteiger partial charge in [-0.05, 0) is 43.3 Å². The van der Waals surface area contributed by atoms with E-state index in [1.165, 1.54) is 6.07 Å². The molecule has 2 rings (SSSR count). The molecule has 0 bridgehead atoms. The van der Waals surface area contributed by atoms with Gasteiger partial charge in [0.1, 0.15) is 11.6 Å². The smallest absolute Gasteiger partial charge is 0.251 e. The largest absolute Gasteiger partial charge is 0.494 e. The molecule has 0 heterocycles. The van der Waals surface area contributed by atoms with Crippen LogP contribution in [0.25, 0.3) is 0 Å². The molecule has 0 aliphatic heterocycles. The Bertz CT molecular complexity index is 646. The van der Waals surface area contributed by atoms with Gasteiger partial charge in [0.15, 0.2) is 0 Å². The molecular weight excluding hydrogens is 337 g/mol. The number of halogens is 2. The predicted molar refractivity (Wildman–Crippen MR) is 82.9 cm³/mol. The van der Waals surface area contributed by atoms with Crippen LogP contribution in [0.2, 0.25) is 0 Å². The normalized spacial score (nSPS) is 10.2. The molecule has 2 aromatic carbocycles. The maximum absolute atomic E-state index is 13.6. The lowest BCUT2D eigenvalue weighted by molar-refractivity contribution is 0.0950. The topological polar surface area (TPSA) is 38.3 Å². The van der Waals surface area contributed by atoms with Gasteiger partial charge in [0.25, 0.3) is 5.91 Å². The van der Waals surface area contributed by atoms with Crippen LogP contribution in [0.15, 0.2) is 46.9 Å². The minimum absolute atomic E-state index is 0.128. The molecule has 0 fully saturated rings. The van der Waals surface area contributed by atoms with Gasteiger partial charge in [0.05, 0.1) is 6.61 Å². The second-order valence-electron chi connectivity index (χ2n) is 4.38. The molecule has 0 aromatic heterocycles. The number of benzene rings is 2. The summed E-state index contributed by atoms with van der Waals surface area (Å²) in [6.45, 7) is 2.54. The number of nitrogens with one attached hydrogen (secondary N) is 1. The van der Waals surface area contributed by atoms with E-state index >= 15 is 0 Å². The van der Waals surface area contributed by atoms with Crippen molar-refractivity contribution in [3.63, 3.8) is 0 Å². The summed E-state index contributed by atoms with van der Waals surface area (Å²) in [6.07, 6.45) is 0. The lowest BCUT2D eigenvalue weighted by Crippen LogP contribution is -2.23. The van der Waals surface area contributed by atoms with Gasteiger partial charge in [-0.2, -0.15) is 0 Å². The van der Waals surface area contributed by atoms with Gasteiger partial charge in [0, 0.05) is 22.1 Å². The van der Waals surface area contributed by atoms with Gasteiger partial charge >= 0.3 is 0 Å². The SMILES string of the molecule is CCOc1cccc(C(=O)NCc2cc(Br)ccc2F)c1. The van der Waals surface area contributed by atoms with Crippen molar-refractivity contribution in [2.75, 3.05) is 6.61 Å². The third-order valence-corrected chi connectivity index (χ3v) is 3.35. The molecule has 21 heavy (non-hydrogen) atoms. The quantitative estimate of drug-likeness (QED) is 0.886. The second kappa shape index (κ2) is 7.22. The minimum Gasteiger partial charge on any atom is -0.494 e. The highest BCUT2D eigenvalue weighted by Gasteiger charge is 2.08. The predicted octanol–water partition coefficient (Wildman–Crippen LogP) is 3.92. The van der Waals surface area contributed by atoms with E-state index in [1.807, 2.05) is 6.92 Å². The van der Waals surface area contributed by atoms with E-state index in [4.69, 9.17) is 4.74 Å². The zero-order valence-corrected chi connectivity index (χ0v) is 13.1. The van der Waals surface area contributed by atoms with Crippen LogP contribution in [0.5, 0.6) is 5.75 Å². The molecule has 0 unspecified atom stereocenters. The van der Waals surface area contributed by atoms with E-state index in [9.17, 15) is 9.18 Å². The van der Waals surface area contributed by atoms with Crippen molar-refractivity contribution in [2.45, 2.75) is 13.5 Å². The Morgan fingerprint density at radius 1 is 1.29 bits per heavy atom. The number of amides is 1. The van der Waals surface area contributed by atoms with Gasteiger partial charge in [-0.15, -0.1) is 0 Å². The molecule has 3 nitrogen and oxygen atoms in total. The fourth-order valence-electron chi connectivity index (χ4n) is 1.85. The molecule has 0 radical (unpaired) electrons. The van der Waals surface area contributed by atoms with Crippen molar-refractivity contribution >= 4 is 21.8 Å². The third-order valence-electron chi connectivity index (χ3n) is 2.85. The van der Waals surface area contributed by atoms with Gasteiger partial charge in [-0.25, -0.2) is 4.39 Å². The van der Waals surface area contributed by atoms with E-state index in [2.05, 4.69) is 21.2 Å². The van der Waals surface area contributed by atoms with Gasteiger partial charge in [-0.3, -0.25) is 4.79 Å². The summed E-state index contributed by atoms with van der Waals surface area (Å²) in [7, 11) is 0. The van der Waals surface area contributed by atoms with Crippen molar-refractivity contribution in [1.29, 1.82) is 0 Å². The fourth-order valence-corrected chi connectivity index (χ4v) is 2.26. The van der Waals surface area contributed by atoms with Crippen molar-refractivity contribution in [3.8, 4) is 5.75 Å². The van der Waals surface area contributed by atoms with E-state index in [0.717, 1.165) is 4.47 Å². The molecule has 1 amide bonds. The first-order valence-corrected chi connectivity index (χ1v) is 7.34. The van der Waals surface area contributed by atoms with Crippen molar-refractivity contribution in [1.82, 2.24) is 5.32 Å². The van der Waals surface area contributed by atoms with Crippen LogP contribution in [0.3, 0.4) is 0 Å². The number of carbonyl (C=O) groups excluding carboxylic acids is 1. The average molecular weight is 352 g/mol. The Morgan fingerprint density at radius 3 is 2.86 bits per heavy atom. The number of hydrogen-bond acceptors (Lipinski definition) is 2. The zero-order valence-electron chi connectivity index (χ0n) is 11.5. The minimum atomic E-state index is -0.346. The lowest BCUT2D eigenvalue weighted by atomic mass is 10.1. The van der Waals surface area contributed by atoms with E-state index in [1.54, 1.807) is 36.4 Å². The molecular formula is C16H15BrFNO2. The molecule has 110 valence electrons. The Hall–Kier alpha value is -1.88. The maximum Gasteiger partial charge on any atom is 0.251 e. The number of ether oxygens (including phenoxy) is 1. The molecule has 0 aliphatic carbocycles. The summed E-state index contributed by atoms with van der Waals surface area (Å²) in [5.74, 6) is 0.0243. The molecule has 0 saturated carbocycles. The highest BCUT2D eigenvalue weighted by molar-refractivity contribution is 9.10. The van der Waals surface area contributed by atoms with Gasteiger partial charge in [0.2, 0.25) is 0 Å². The number of carbonyl (C=O) groups is 1. The lowest BCUT2D eigenvalue weighted by Gasteiger charge is -2.08. The zero-order chi connectivity index (χ0) is 15.2. The summed E-state index contributed by atoms with van der Waals surface area (Å²) < 4.78 is 19.7. The second-order valence-corrected chi connectivity index (χ2v) is 5.29. The summed E-state index contributed by atoms with van der Waals surface area (Å²) in [5, 5.41) is 2.70. The van der Waals surface area contributed by atoms with Gasteiger partial charge in [-0.1, -0.05) is 22.0 Å². The van der Waals surface area contributed by atoms with Crippen LogP contribution in [0, 0.1) is 5.82 Å². The molecule has 0 spiro atoms. The van der Waals surface area contributed by atoms with E-state index in [0.29, 0.717) is 23.5 Å². The summed E-state index contributed by atoms with van der Waals surface area (Å²) in [5.41, 5.74) is 0.912. The standard InChI is InChI=1S/C16H15BrFNO2/c1-2-21-14-5-3-4-11(9-14)16(20)19-10-12-8-13(17)6-7-15(12)18/h3-9H,2,10H2,1H3,(H,19,20). The Morgan fingerprint density at radius 2 is 2.10 bits per heavy atom. The first-order valence-electron chi connectivity index (χ1n) is 6.55. The monoisotopic (exact) mass is 351 g/mol. The third kappa shape index (κ3) is 4.29.